The predicted octanol–water partition coefficient (Wildman–Crippen LogP) is 5.78. The summed E-state index contributed by atoms with van der Waals surface area (Å²) in [6.07, 6.45) is 0. The molecule has 0 bridgehead atoms. The first kappa shape index (κ1) is 24.3. The van der Waals surface area contributed by atoms with Crippen LogP contribution in [0.1, 0.15) is 30.8 Å². The van der Waals surface area contributed by atoms with Gasteiger partial charge in [-0.05, 0) is 67.8 Å². The summed E-state index contributed by atoms with van der Waals surface area (Å²) in [6, 6.07) is 18.9. The van der Waals surface area contributed by atoms with E-state index in [0.29, 0.717) is 0 Å². The fraction of sp³-hybridized carbons (Fsp3) is 0.321. The highest BCUT2D eigenvalue weighted by atomic mass is 32.2. The van der Waals surface area contributed by atoms with Gasteiger partial charge in [0.25, 0.3) is 0 Å². The lowest BCUT2D eigenvalue weighted by Crippen LogP contribution is -2.44. The van der Waals surface area contributed by atoms with E-state index in [9.17, 15) is 4.21 Å². The van der Waals surface area contributed by atoms with Crippen molar-refractivity contribution in [3.8, 4) is 22.4 Å². The molecule has 0 radical (unpaired) electrons. The smallest absolute Gasteiger partial charge is 0.127 e. The Labute approximate surface area is 205 Å². The number of aromatic nitrogens is 2. The molecule has 1 saturated heterocycles. The number of hydrogen-bond acceptors (Lipinski definition) is 3. The van der Waals surface area contributed by atoms with E-state index in [4.69, 9.17) is 0 Å². The fourth-order valence-corrected chi connectivity index (χ4v) is 5.69. The van der Waals surface area contributed by atoms with Crippen LogP contribution in [0.15, 0.2) is 59.5 Å². The zero-order valence-electron chi connectivity index (χ0n) is 20.7. The molecule has 2 aromatic carbocycles. The molecule has 3 heterocycles. The van der Waals surface area contributed by atoms with Crippen molar-refractivity contribution in [3.63, 3.8) is 0 Å². The molecule has 2 aromatic heterocycles. The second-order valence-electron chi connectivity index (χ2n) is 8.48. The summed E-state index contributed by atoms with van der Waals surface area (Å²) in [4.78, 5) is 8.99. The minimum atomic E-state index is -1.10. The summed E-state index contributed by atoms with van der Waals surface area (Å²) < 4.78 is 14.9. The van der Waals surface area contributed by atoms with Gasteiger partial charge in [0.15, 0.2) is 0 Å². The second kappa shape index (κ2) is 10.6. The van der Waals surface area contributed by atoms with E-state index in [1.54, 1.807) is 0 Å². The van der Waals surface area contributed by atoms with Gasteiger partial charge >= 0.3 is 0 Å². The Bertz CT molecular complexity index is 1280. The highest BCUT2D eigenvalue weighted by Gasteiger charge is 2.18. The van der Waals surface area contributed by atoms with Crippen molar-refractivity contribution >= 4 is 21.9 Å². The van der Waals surface area contributed by atoms with E-state index in [0.717, 1.165) is 64.8 Å². The summed E-state index contributed by atoms with van der Waals surface area (Å²) in [5.74, 6) is 0. The molecule has 1 aliphatic heterocycles. The van der Waals surface area contributed by atoms with Gasteiger partial charge in [-0.3, -0.25) is 4.98 Å². The number of fused-ring (bicyclic) bond motifs is 1. The van der Waals surface area contributed by atoms with Gasteiger partial charge in [0, 0.05) is 59.7 Å². The van der Waals surface area contributed by atoms with Crippen LogP contribution in [0.4, 0.5) is 0 Å². The van der Waals surface area contributed by atoms with E-state index in [1.807, 2.05) is 44.1 Å². The number of pyridine rings is 1. The highest BCUT2D eigenvalue weighted by Crippen LogP contribution is 2.33. The third-order valence-electron chi connectivity index (χ3n) is 6.13. The van der Waals surface area contributed by atoms with E-state index in [-0.39, 0.29) is 0 Å². The molecule has 1 fully saturated rings. The Morgan fingerprint density at radius 3 is 2.09 bits per heavy atom. The largest absolute Gasteiger partial charge is 0.354 e. The molecule has 0 spiro atoms. The van der Waals surface area contributed by atoms with Gasteiger partial charge < -0.3 is 10.3 Å². The zero-order valence-corrected chi connectivity index (χ0v) is 21.6. The lowest BCUT2D eigenvalue weighted by Gasteiger charge is -2.25. The molecule has 1 aliphatic rings. The van der Waals surface area contributed by atoms with Crippen LogP contribution in [-0.2, 0) is 11.0 Å². The van der Waals surface area contributed by atoms with Gasteiger partial charge in [-0.2, -0.15) is 0 Å². The van der Waals surface area contributed by atoms with Gasteiger partial charge in [0.05, 0.1) is 4.90 Å². The number of rotatable bonds is 4. The molecular formula is C28H34N4OS. The van der Waals surface area contributed by atoms with Crippen LogP contribution in [0, 0.1) is 20.8 Å². The standard InChI is InChI=1S/C26H28N4OS.C2H6/c1-17-14-22(15-18(2)28-17)26-19(3)24-9-6-21(16-25(24)29-26)20-4-7-23(8-5-20)32(31)30-12-10-27-11-13-30;1-2/h4-9,14-16,27,29H,10-13H2,1-3H3;1-2H3. The minimum absolute atomic E-state index is 0.816. The fourth-order valence-electron chi connectivity index (χ4n) is 4.51. The van der Waals surface area contributed by atoms with Crippen LogP contribution >= 0.6 is 0 Å². The Kier molecular flexibility index (Phi) is 7.61. The first-order valence-corrected chi connectivity index (χ1v) is 13.2. The number of aryl methyl sites for hydroxylation is 3. The van der Waals surface area contributed by atoms with E-state index in [1.165, 1.54) is 16.5 Å². The molecule has 5 rings (SSSR count). The lowest BCUT2D eigenvalue weighted by atomic mass is 10.0. The quantitative estimate of drug-likeness (QED) is 0.394. The van der Waals surface area contributed by atoms with Gasteiger partial charge in [-0.25, -0.2) is 8.51 Å². The van der Waals surface area contributed by atoms with Crippen molar-refractivity contribution in [2.75, 3.05) is 26.2 Å². The van der Waals surface area contributed by atoms with Crippen molar-refractivity contribution in [2.45, 2.75) is 39.5 Å². The molecule has 178 valence electrons. The van der Waals surface area contributed by atoms with E-state index in [2.05, 4.69) is 64.7 Å². The van der Waals surface area contributed by atoms with Crippen molar-refractivity contribution in [3.05, 3.63) is 71.5 Å². The topological polar surface area (TPSA) is 61.0 Å². The van der Waals surface area contributed by atoms with Gasteiger partial charge in [-0.1, -0.05) is 38.1 Å². The summed E-state index contributed by atoms with van der Waals surface area (Å²) in [6.45, 7) is 13.6. The van der Waals surface area contributed by atoms with Crippen molar-refractivity contribution in [2.24, 2.45) is 0 Å². The Balaban J connectivity index is 0.00000133. The summed E-state index contributed by atoms with van der Waals surface area (Å²) in [5, 5.41) is 4.53. The third-order valence-corrected chi connectivity index (χ3v) is 7.64. The maximum absolute atomic E-state index is 12.8. The Morgan fingerprint density at radius 2 is 1.44 bits per heavy atom. The highest BCUT2D eigenvalue weighted by molar-refractivity contribution is 7.82. The summed E-state index contributed by atoms with van der Waals surface area (Å²) in [5.41, 5.74) is 9.00. The van der Waals surface area contributed by atoms with E-state index >= 15 is 0 Å². The molecule has 2 N–H and O–H groups in total. The molecule has 0 saturated carbocycles. The van der Waals surface area contributed by atoms with Crippen LogP contribution < -0.4 is 5.32 Å². The van der Waals surface area contributed by atoms with Crippen LogP contribution in [0.25, 0.3) is 33.3 Å². The molecule has 0 aliphatic carbocycles. The average Bonchev–Trinajstić information content (AvgIpc) is 3.20. The number of H-pyrrole nitrogens is 1. The molecular weight excluding hydrogens is 440 g/mol. The van der Waals surface area contributed by atoms with Crippen LogP contribution in [0.2, 0.25) is 0 Å². The number of nitrogens with one attached hydrogen (secondary N) is 2. The normalized spacial score (nSPS) is 15.1. The van der Waals surface area contributed by atoms with Crippen LogP contribution in [0.5, 0.6) is 0 Å². The molecule has 34 heavy (non-hydrogen) atoms. The van der Waals surface area contributed by atoms with Crippen LogP contribution in [-0.4, -0.2) is 44.7 Å². The summed E-state index contributed by atoms with van der Waals surface area (Å²) in [7, 11) is -1.10. The average molecular weight is 475 g/mol. The summed E-state index contributed by atoms with van der Waals surface area (Å²) >= 11 is 0. The first-order chi connectivity index (χ1) is 16.5. The van der Waals surface area contributed by atoms with Crippen molar-refractivity contribution in [1.29, 1.82) is 0 Å². The molecule has 4 aromatic rings. The molecule has 5 nitrogen and oxygen atoms in total. The minimum Gasteiger partial charge on any atom is -0.354 e. The number of aromatic amines is 1. The van der Waals surface area contributed by atoms with Crippen LogP contribution in [0.3, 0.4) is 0 Å². The third kappa shape index (κ3) is 4.99. The number of hydrogen-bond donors (Lipinski definition) is 2. The Morgan fingerprint density at radius 1 is 0.824 bits per heavy atom. The maximum atomic E-state index is 12.8. The number of benzene rings is 2. The first-order valence-electron chi connectivity index (χ1n) is 12.1. The molecule has 6 heteroatoms. The molecule has 1 atom stereocenters. The second-order valence-corrected chi connectivity index (χ2v) is 9.96. The monoisotopic (exact) mass is 474 g/mol. The lowest BCUT2D eigenvalue weighted by molar-refractivity contribution is 0.380. The molecule has 0 amide bonds. The van der Waals surface area contributed by atoms with Gasteiger partial charge in [0.1, 0.15) is 11.0 Å². The van der Waals surface area contributed by atoms with Gasteiger partial charge in [-0.15, -0.1) is 0 Å². The number of nitrogens with zero attached hydrogens (tertiary/aromatic N) is 2. The number of piperazine rings is 1. The van der Waals surface area contributed by atoms with Gasteiger partial charge in [0.2, 0.25) is 0 Å². The Hall–Kier alpha value is -2.80. The maximum Gasteiger partial charge on any atom is 0.127 e. The predicted molar refractivity (Wildman–Crippen MR) is 143 cm³/mol. The van der Waals surface area contributed by atoms with Crippen molar-refractivity contribution < 1.29 is 4.21 Å². The zero-order chi connectivity index (χ0) is 24.2. The SMILES string of the molecule is CC.Cc1cc(-c2[nH]c3cc(-c4ccc(S(=O)N5CCNCC5)cc4)ccc3c2C)cc(C)n1. The van der Waals surface area contributed by atoms with E-state index < -0.39 is 11.0 Å². The molecule has 1 unspecified atom stereocenters. The van der Waals surface area contributed by atoms with Crippen molar-refractivity contribution in [1.82, 2.24) is 19.6 Å².